The third-order valence-electron chi connectivity index (χ3n) is 4.30. The minimum atomic E-state index is -0.147. The fourth-order valence-corrected chi connectivity index (χ4v) is 2.73. The summed E-state index contributed by atoms with van der Waals surface area (Å²) >= 11 is 0. The van der Waals surface area contributed by atoms with Gasteiger partial charge in [-0.2, -0.15) is 5.10 Å². The van der Waals surface area contributed by atoms with Gasteiger partial charge in [-0.05, 0) is 26.3 Å². The van der Waals surface area contributed by atoms with Crippen molar-refractivity contribution in [3.8, 4) is 0 Å². The maximum absolute atomic E-state index is 12.2. The molecule has 3 rings (SSSR count). The van der Waals surface area contributed by atoms with Gasteiger partial charge < -0.3 is 15.2 Å². The molecule has 3 heterocycles. The van der Waals surface area contributed by atoms with Crippen LogP contribution in [0.4, 0.5) is 0 Å². The highest BCUT2D eigenvalue weighted by atomic mass is 16.1. The molecule has 2 aromatic heterocycles. The van der Waals surface area contributed by atoms with E-state index in [0.29, 0.717) is 18.3 Å². The molecule has 0 radical (unpaired) electrons. The van der Waals surface area contributed by atoms with E-state index in [2.05, 4.69) is 20.7 Å². The summed E-state index contributed by atoms with van der Waals surface area (Å²) in [6.07, 6.45) is 7.65. The summed E-state index contributed by atoms with van der Waals surface area (Å²) in [6.45, 7) is 4.46. The SMILES string of the molecule is Cc1c(CNC(=O)c2cn(C3CCCNC3)cn2)cnn1C. The Morgan fingerprint density at radius 1 is 1.55 bits per heavy atom. The summed E-state index contributed by atoms with van der Waals surface area (Å²) in [6, 6.07) is 0.392. The first-order chi connectivity index (χ1) is 10.6. The second-order valence-electron chi connectivity index (χ2n) is 5.77. The van der Waals surface area contributed by atoms with Crippen LogP contribution in [0.15, 0.2) is 18.7 Å². The predicted molar refractivity (Wildman–Crippen MR) is 82.5 cm³/mol. The van der Waals surface area contributed by atoms with E-state index in [1.807, 2.05) is 24.7 Å². The number of nitrogens with zero attached hydrogens (tertiary/aromatic N) is 4. The fourth-order valence-electron chi connectivity index (χ4n) is 2.73. The fraction of sp³-hybridized carbons (Fsp3) is 0.533. The molecule has 7 nitrogen and oxygen atoms in total. The minimum absolute atomic E-state index is 0.147. The van der Waals surface area contributed by atoms with Crippen LogP contribution >= 0.6 is 0 Å². The average Bonchev–Trinajstić information content (AvgIpc) is 3.15. The number of amides is 1. The highest BCUT2D eigenvalue weighted by Crippen LogP contribution is 2.16. The number of hydrogen-bond acceptors (Lipinski definition) is 4. The molecule has 1 saturated heterocycles. The first-order valence-electron chi connectivity index (χ1n) is 7.65. The molecule has 1 unspecified atom stereocenters. The summed E-state index contributed by atoms with van der Waals surface area (Å²) in [5.74, 6) is -0.147. The van der Waals surface area contributed by atoms with Crippen molar-refractivity contribution in [1.29, 1.82) is 0 Å². The molecule has 0 aliphatic carbocycles. The molecule has 1 aliphatic rings. The van der Waals surface area contributed by atoms with Gasteiger partial charge in [0, 0.05) is 43.6 Å². The smallest absolute Gasteiger partial charge is 0.271 e. The monoisotopic (exact) mass is 302 g/mol. The summed E-state index contributed by atoms with van der Waals surface area (Å²) in [7, 11) is 1.89. The number of rotatable bonds is 4. The summed E-state index contributed by atoms with van der Waals surface area (Å²) < 4.78 is 3.84. The van der Waals surface area contributed by atoms with E-state index in [-0.39, 0.29) is 5.91 Å². The van der Waals surface area contributed by atoms with E-state index in [4.69, 9.17) is 0 Å². The molecule has 1 atom stereocenters. The Balaban J connectivity index is 1.60. The van der Waals surface area contributed by atoms with Crippen molar-refractivity contribution in [1.82, 2.24) is 30.0 Å². The normalized spacial score (nSPS) is 18.4. The van der Waals surface area contributed by atoms with Gasteiger partial charge in [0.25, 0.3) is 5.91 Å². The predicted octanol–water partition coefficient (Wildman–Crippen LogP) is 0.780. The van der Waals surface area contributed by atoms with Gasteiger partial charge in [-0.25, -0.2) is 4.98 Å². The maximum atomic E-state index is 12.2. The average molecular weight is 302 g/mol. The van der Waals surface area contributed by atoms with Crippen molar-refractivity contribution in [2.75, 3.05) is 13.1 Å². The van der Waals surface area contributed by atoms with Crippen molar-refractivity contribution in [2.45, 2.75) is 32.4 Å². The molecule has 0 saturated carbocycles. The van der Waals surface area contributed by atoms with Gasteiger partial charge in [0.2, 0.25) is 0 Å². The maximum Gasteiger partial charge on any atom is 0.271 e. The Bertz CT molecular complexity index is 653. The molecule has 1 amide bonds. The molecular weight excluding hydrogens is 280 g/mol. The number of carbonyl (C=O) groups excluding carboxylic acids is 1. The summed E-state index contributed by atoms with van der Waals surface area (Å²) in [4.78, 5) is 16.4. The van der Waals surface area contributed by atoms with Crippen molar-refractivity contribution < 1.29 is 4.79 Å². The van der Waals surface area contributed by atoms with Crippen LogP contribution in [0.3, 0.4) is 0 Å². The van der Waals surface area contributed by atoms with Crippen LogP contribution in [0.1, 0.15) is 40.6 Å². The molecule has 1 fully saturated rings. The van der Waals surface area contributed by atoms with Crippen molar-refractivity contribution >= 4 is 5.91 Å². The second kappa shape index (κ2) is 6.31. The Labute approximate surface area is 129 Å². The number of piperidine rings is 1. The number of imidazole rings is 1. The highest BCUT2D eigenvalue weighted by molar-refractivity contribution is 5.91. The van der Waals surface area contributed by atoms with Gasteiger partial charge in [0.05, 0.1) is 12.5 Å². The topological polar surface area (TPSA) is 76.8 Å². The number of aromatic nitrogens is 4. The van der Waals surface area contributed by atoms with E-state index in [1.165, 1.54) is 0 Å². The van der Waals surface area contributed by atoms with E-state index >= 15 is 0 Å². The summed E-state index contributed by atoms with van der Waals surface area (Å²) in [5, 5.41) is 10.4. The molecule has 0 bridgehead atoms. The molecule has 2 aromatic rings. The molecule has 0 aromatic carbocycles. The third kappa shape index (κ3) is 3.04. The quantitative estimate of drug-likeness (QED) is 0.875. The van der Waals surface area contributed by atoms with Crippen molar-refractivity contribution in [2.24, 2.45) is 7.05 Å². The van der Waals surface area contributed by atoms with Gasteiger partial charge in [-0.1, -0.05) is 0 Å². The van der Waals surface area contributed by atoms with Crippen LogP contribution in [0.2, 0.25) is 0 Å². The lowest BCUT2D eigenvalue weighted by atomic mass is 10.1. The molecule has 7 heteroatoms. The molecule has 1 aliphatic heterocycles. The van der Waals surface area contributed by atoms with Crippen LogP contribution in [-0.2, 0) is 13.6 Å². The first-order valence-corrected chi connectivity index (χ1v) is 7.65. The molecule has 2 N–H and O–H groups in total. The second-order valence-corrected chi connectivity index (χ2v) is 5.77. The molecule has 0 spiro atoms. The zero-order valence-corrected chi connectivity index (χ0v) is 13.0. The highest BCUT2D eigenvalue weighted by Gasteiger charge is 2.17. The lowest BCUT2D eigenvalue weighted by Gasteiger charge is -2.23. The van der Waals surface area contributed by atoms with Crippen molar-refractivity contribution in [3.05, 3.63) is 35.7 Å². The standard InChI is InChI=1S/C15H22N6O/c1-11-12(7-19-20(11)2)6-17-15(22)14-9-21(10-18-14)13-4-3-5-16-8-13/h7,9-10,13,16H,3-6,8H2,1-2H3,(H,17,22). The van der Waals surface area contributed by atoms with Gasteiger partial charge in [-0.15, -0.1) is 0 Å². The number of carbonyl (C=O) groups is 1. The van der Waals surface area contributed by atoms with Crippen LogP contribution < -0.4 is 10.6 Å². The van der Waals surface area contributed by atoms with Gasteiger partial charge in [-0.3, -0.25) is 9.48 Å². The Kier molecular flexibility index (Phi) is 4.24. The molecular formula is C15H22N6O. The first kappa shape index (κ1) is 14.8. The lowest BCUT2D eigenvalue weighted by molar-refractivity contribution is 0.0946. The Morgan fingerprint density at radius 2 is 2.41 bits per heavy atom. The van der Waals surface area contributed by atoms with Gasteiger partial charge in [0.1, 0.15) is 5.69 Å². The van der Waals surface area contributed by atoms with Crippen LogP contribution in [-0.4, -0.2) is 38.3 Å². The summed E-state index contributed by atoms with van der Waals surface area (Å²) in [5.41, 5.74) is 2.54. The van der Waals surface area contributed by atoms with E-state index < -0.39 is 0 Å². The van der Waals surface area contributed by atoms with Crippen LogP contribution in [0.25, 0.3) is 0 Å². The zero-order valence-electron chi connectivity index (χ0n) is 13.0. The number of aryl methyl sites for hydroxylation is 1. The molecule has 22 heavy (non-hydrogen) atoms. The number of nitrogens with one attached hydrogen (secondary N) is 2. The van der Waals surface area contributed by atoms with Gasteiger partial charge >= 0.3 is 0 Å². The van der Waals surface area contributed by atoms with E-state index in [9.17, 15) is 4.79 Å². The molecule has 118 valence electrons. The van der Waals surface area contributed by atoms with Crippen molar-refractivity contribution in [3.63, 3.8) is 0 Å². The number of hydrogen-bond donors (Lipinski definition) is 2. The van der Waals surface area contributed by atoms with E-state index in [1.54, 1.807) is 17.2 Å². The van der Waals surface area contributed by atoms with Gasteiger partial charge in [0.15, 0.2) is 0 Å². The minimum Gasteiger partial charge on any atom is -0.346 e. The largest absolute Gasteiger partial charge is 0.346 e. The van der Waals surface area contributed by atoms with Crippen LogP contribution in [0, 0.1) is 6.92 Å². The Hall–Kier alpha value is -2.15. The lowest BCUT2D eigenvalue weighted by Crippen LogP contribution is -2.31. The Morgan fingerprint density at radius 3 is 3.09 bits per heavy atom. The third-order valence-corrected chi connectivity index (χ3v) is 4.30. The van der Waals surface area contributed by atoms with E-state index in [0.717, 1.165) is 37.2 Å². The zero-order chi connectivity index (χ0) is 15.5. The van der Waals surface area contributed by atoms with Crippen LogP contribution in [0.5, 0.6) is 0 Å².